The van der Waals surface area contributed by atoms with Crippen molar-refractivity contribution in [3.8, 4) is 0 Å². The van der Waals surface area contributed by atoms with Crippen LogP contribution in [0.3, 0.4) is 0 Å². The Labute approximate surface area is 182 Å². The van der Waals surface area contributed by atoms with Crippen LogP contribution in [-0.4, -0.2) is 26.6 Å². The Balaban J connectivity index is 1.75. The number of amides is 1. The molecule has 0 spiro atoms. The van der Waals surface area contributed by atoms with Crippen LogP contribution in [0.5, 0.6) is 0 Å². The highest BCUT2D eigenvalue weighted by Gasteiger charge is 2.44. The van der Waals surface area contributed by atoms with E-state index in [0.29, 0.717) is 13.1 Å². The van der Waals surface area contributed by atoms with Gasteiger partial charge in [-0.05, 0) is 24.2 Å². The zero-order chi connectivity index (χ0) is 21.3. The number of para-hydroxylation sites is 2. The molecule has 1 saturated heterocycles. The van der Waals surface area contributed by atoms with E-state index in [1.807, 2.05) is 12.1 Å². The molecule has 7 heteroatoms. The lowest BCUT2D eigenvalue weighted by Crippen LogP contribution is -2.30. The molecule has 1 amide bonds. The molecule has 5 heterocycles. The van der Waals surface area contributed by atoms with E-state index < -0.39 is 0 Å². The van der Waals surface area contributed by atoms with E-state index in [1.165, 1.54) is 5.01 Å². The van der Waals surface area contributed by atoms with E-state index in [2.05, 4.69) is 45.5 Å². The van der Waals surface area contributed by atoms with E-state index in [9.17, 15) is 4.79 Å². The predicted octanol–water partition coefficient (Wildman–Crippen LogP) is 3.74. The van der Waals surface area contributed by atoms with E-state index in [1.54, 1.807) is 0 Å². The van der Waals surface area contributed by atoms with E-state index in [0.717, 1.165) is 61.2 Å². The van der Waals surface area contributed by atoms with Crippen molar-refractivity contribution >= 4 is 49.5 Å². The number of carbonyl (C=O) groups excluding carboxylic acids is 1. The standard InChI is InChI=1S/C25H21N5O2/c26-10-12-9-18-29-16-7-3-2-6-14(16)20-21-15(11-28(27)24(21)31)19-13-5-1-4-8-17(13)30(25(12)32-18)22(19)23(20)29/h1-8,12,18,25H,9-11,26-27H2. The second-order valence-corrected chi connectivity index (χ2v) is 9.22. The Hall–Kier alpha value is -3.39. The number of benzene rings is 3. The first-order chi connectivity index (χ1) is 15.7. The molecule has 3 atom stereocenters. The fraction of sp³-hybridized carbons (Fsp3) is 0.240. The van der Waals surface area contributed by atoms with Crippen molar-refractivity contribution in [1.82, 2.24) is 14.1 Å². The van der Waals surface area contributed by atoms with Crippen molar-refractivity contribution in [1.29, 1.82) is 0 Å². The fourth-order valence-corrected chi connectivity index (χ4v) is 6.52. The third-order valence-electron chi connectivity index (χ3n) is 7.75. The summed E-state index contributed by atoms with van der Waals surface area (Å²) in [5.41, 5.74) is 12.4. The van der Waals surface area contributed by atoms with E-state index in [4.69, 9.17) is 16.3 Å². The van der Waals surface area contributed by atoms with E-state index in [-0.39, 0.29) is 24.3 Å². The maximum atomic E-state index is 13.3. The number of hydrogen-bond acceptors (Lipinski definition) is 4. The van der Waals surface area contributed by atoms with Crippen molar-refractivity contribution in [2.45, 2.75) is 25.4 Å². The molecule has 0 radical (unpaired) electrons. The summed E-state index contributed by atoms with van der Waals surface area (Å²) in [5, 5.41) is 5.65. The van der Waals surface area contributed by atoms with Crippen molar-refractivity contribution in [3.05, 3.63) is 59.7 Å². The number of hydrogen-bond donors (Lipinski definition) is 2. The minimum atomic E-state index is -0.140. The minimum Gasteiger partial charge on any atom is -0.334 e. The topological polar surface area (TPSA) is 91.4 Å². The molecule has 8 rings (SSSR count). The van der Waals surface area contributed by atoms with Crippen molar-refractivity contribution in [2.24, 2.45) is 17.5 Å². The maximum Gasteiger partial charge on any atom is 0.269 e. The van der Waals surface area contributed by atoms with Crippen LogP contribution in [0, 0.1) is 5.92 Å². The van der Waals surface area contributed by atoms with Gasteiger partial charge in [0, 0.05) is 33.9 Å². The van der Waals surface area contributed by atoms with Gasteiger partial charge in [-0.2, -0.15) is 0 Å². The summed E-state index contributed by atoms with van der Waals surface area (Å²) in [4.78, 5) is 13.3. The molecule has 4 N–H and O–H groups in total. The van der Waals surface area contributed by atoms with Gasteiger partial charge in [-0.3, -0.25) is 9.80 Å². The Kier molecular flexibility index (Phi) is 2.96. The molecular weight excluding hydrogens is 402 g/mol. The van der Waals surface area contributed by atoms with Gasteiger partial charge in [0.2, 0.25) is 0 Å². The van der Waals surface area contributed by atoms with Gasteiger partial charge >= 0.3 is 0 Å². The number of rotatable bonds is 1. The van der Waals surface area contributed by atoms with Crippen molar-refractivity contribution < 1.29 is 9.53 Å². The SMILES string of the molecule is NCC1CC2OC1n1c3ccccc3c3c4c(c5c6ccccc6n2c5c31)C(=O)N(N)C4. The molecule has 2 aromatic heterocycles. The van der Waals surface area contributed by atoms with Crippen molar-refractivity contribution in [3.63, 3.8) is 0 Å². The lowest BCUT2D eigenvalue weighted by molar-refractivity contribution is -0.0324. The highest BCUT2D eigenvalue weighted by Crippen LogP contribution is 2.54. The predicted molar refractivity (Wildman–Crippen MR) is 123 cm³/mol. The first-order valence-electron chi connectivity index (χ1n) is 11.1. The normalized spacial score (nSPS) is 24.0. The molecule has 3 aliphatic rings. The summed E-state index contributed by atoms with van der Waals surface area (Å²) in [6, 6.07) is 16.7. The van der Waals surface area contributed by atoms with Crippen LogP contribution < -0.4 is 11.6 Å². The summed E-state index contributed by atoms with van der Waals surface area (Å²) in [7, 11) is 0. The number of carbonyl (C=O) groups is 1. The third-order valence-corrected chi connectivity index (χ3v) is 7.75. The van der Waals surface area contributed by atoms with Gasteiger partial charge in [-0.1, -0.05) is 36.4 Å². The van der Waals surface area contributed by atoms with Crippen LogP contribution in [0.4, 0.5) is 0 Å². The summed E-state index contributed by atoms with van der Waals surface area (Å²) in [5.74, 6) is 6.30. The van der Waals surface area contributed by atoms with Gasteiger partial charge in [0.15, 0.2) is 0 Å². The van der Waals surface area contributed by atoms with Gasteiger partial charge in [-0.15, -0.1) is 0 Å². The van der Waals surface area contributed by atoms with Gasteiger partial charge < -0.3 is 19.6 Å². The first kappa shape index (κ1) is 17.2. The highest BCUT2D eigenvalue weighted by atomic mass is 16.5. The zero-order valence-corrected chi connectivity index (χ0v) is 17.3. The van der Waals surface area contributed by atoms with Gasteiger partial charge in [-0.25, -0.2) is 5.84 Å². The Bertz CT molecular complexity index is 1660. The van der Waals surface area contributed by atoms with Crippen molar-refractivity contribution in [2.75, 3.05) is 6.54 Å². The molecule has 5 aromatic rings. The van der Waals surface area contributed by atoms with Crippen LogP contribution in [0.1, 0.15) is 34.8 Å². The first-order valence-corrected chi connectivity index (χ1v) is 11.1. The average Bonchev–Trinajstić information content (AvgIpc) is 3.51. The molecule has 3 aromatic carbocycles. The Morgan fingerprint density at radius 2 is 1.59 bits per heavy atom. The second-order valence-electron chi connectivity index (χ2n) is 9.22. The number of nitrogens with zero attached hydrogens (tertiary/aromatic N) is 3. The highest BCUT2D eigenvalue weighted by molar-refractivity contribution is 6.30. The zero-order valence-electron chi connectivity index (χ0n) is 17.3. The number of hydrazine groups is 1. The number of fused-ring (bicyclic) bond motifs is 13. The Morgan fingerprint density at radius 3 is 2.34 bits per heavy atom. The van der Waals surface area contributed by atoms with Gasteiger partial charge in [0.05, 0.1) is 34.2 Å². The lowest BCUT2D eigenvalue weighted by atomic mass is 9.96. The largest absolute Gasteiger partial charge is 0.334 e. The van der Waals surface area contributed by atoms with Crippen LogP contribution in [0.15, 0.2) is 48.5 Å². The third kappa shape index (κ3) is 1.72. The van der Waals surface area contributed by atoms with Crippen LogP contribution in [0.25, 0.3) is 43.6 Å². The number of aromatic nitrogens is 2. The quantitative estimate of drug-likeness (QED) is 0.317. The molecule has 2 bridgehead atoms. The van der Waals surface area contributed by atoms with E-state index >= 15 is 0 Å². The number of nitrogens with two attached hydrogens (primary N) is 2. The van der Waals surface area contributed by atoms with Gasteiger partial charge in [0.1, 0.15) is 12.5 Å². The summed E-state index contributed by atoms with van der Waals surface area (Å²) in [6.07, 6.45) is 0.580. The molecule has 0 aliphatic carbocycles. The molecule has 1 fully saturated rings. The number of ether oxygens (including phenoxy) is 1. The maximum absolute atomic E-state index is 13.3. The molecule has 3 unspecified atom stereocenters. The van der Waals surface area contributed by atoms with Crippen LogP contribution in [-0.2, 0) is 11.3 Å². The molecule has 32 heavy (non-hydrogen) atoms. The molecule has 158 valence electrons. The summed E-state index contributed by atoms with van der Waals surface area (Å²) >= 11 is 0. The van der Waals surface area contributed by atoms with Crippen LogP contribution >= 0.6 is 0 Å². The fourth-order valence-electron chi connectivity index (χ4n) is 6.52. The molecule has 3 aliphatic heterocycles. The second kappa shape index (κ2) is 5.50. The molecule has 7 nitrogen and oxygen atoms in total. The molecule has 0 saturated carbocycles. The Morgan fingerprint density at radius 1 is 0.938 bits per heavy atom. The average molecular weight is 423 g/mol. The lowest BCUT2D eigenvalue weighted by Gasteiger charge is -2.21. The summed E-state index contributed by atoms with van der Waals surface area (Å²) < 4.78 is 11.4. The summed E-state index contributed by atoms with van der Waals surface area (Å²) in [6.45, 7) is 0.968. The monoisotopic (exact) mass is 423 g/mol. The minimum absolute atomic E-state index is 0.114. The molecular formula is C25H21N5O2. The smallest absolute Gasteiger partial charge is 0.269 e. The van der Waals surface area contributed by atoms with Crippen LogP contribution in [0.2, 0.25) is 0 Å². The van der Waals surface area contributed by atoms with Gasteiger partial charge in [0.25, 0.3) is 5.91 Å².